The minimum absolute atomic E-state index is 0.00898. The second-order valence-electron chi connectivity index (χ2n) is 4.49. The van der Waals surface area contributed by atoms with Crippen molar-refractivity contribution in [1.29, 1.82) is 0 Å². The summed E-state index contributed by atoms with van der Waals surface area (Å²) in [5.41, 5.74) is 0. The van der Waals surface area contributed by atoms with Crippen LogP contribution >= 0.6 is 11.6 Å². The van der Waals surface area contributed by atoms with Crippen LogP contribution in [0.15, 0.2) is 22.8 Å². The normalized spacial score (nSPS) is 25.3. The van der Waals surface area contributed by atoms with E-state index in [1.165, 1.54) is 25.9 Å². The number of halogens is 1. The number of nitrogens with zero attached hydrogens (tertiary/aromatic N) is 1. The number of likely N-dealkylation sites (tertiary alicyclic amines) is 1. The highest BCUT2D eigenvalue weighted by atomic mass is 35.5. The molecule has 0 bridgehead atoms. The van der Waals surface area contributed by atoms with Gasteiger partial charge in [-0.1, -0.05) is 6.92 Å². The fraction of sp³-hybridized carbons (Fsp3) is 0.667. The molecule has 1 aliphatic heterocycles. The number of furan rings is 1. The molecule has 0 amide bonds. The Labute approximate surface area is 96.2 Å². The first kappa shape index (κ1) is 11.0. The molecule has 1 aliphatic rings. The maximum absolute atomic E-state index is 6.29. The van der Waals surface area contributed by atoms with Gasteiger partial charge in [0.2, 0.25) is 0 Å². The third-order valence-electron chi connectivity index (χ3n) is 3.01. The molecule has 2 nitrogen and oxygen atoms in total. The summed E-state index contributed by atoms with van der Waals surface area (Å²) < 4.78 is 5.31. The summed E-state index contributed by atoms with van der Waals surface area (Å²) in [5.74, 6) is 1.69. The average molecular weight is 228 g/mol. The SMILES string of the molecule is CC1CCCN(CC(Cl)c2ccco2)C1. The molecule has 2 rings (SSSR count). The highest BCUT2D eigenvalue weighted by molar-refractivity contribution is 6.20. The molecular weight excluding hydrogens is 210 g/mol. The second-order valence-corrected chi connectivity index (χ2v) is 5.02. The highest BCUT2D eigenvalue weighted by Crippen LogP contribution is 2.24. The summed E-state index contributed by atoms with van der Waals surface area (Å²) in [4.78, 5) is 2.44. The fourth-order valence-electron chi connectivity index (χ4n) is 2.24. The summed E-state index contributed by atoms with van der Waals surface area (Å²) in [6.45, 7) is 5.56. The van der Waals surface area contributed by atoms with Crippen LogP contribution in [0, 0.1) is 5.92 Å². The predicted molar refractivity (Wildman–Crippen MR) is 62.1 cm³/mol. The minimum atomic E-state index is -0.00898. The molecule has 0 saturated carbocycles. The van der Waals surface area contributed by atoms with Crippen LogP contribution < -0.4 is 0 Å². The molecule has 1 saturated heterocycles. The van der Waals surface area contributed by atoms with Crippen molar-refractivity contribution in [2.75, 3.05) is 19.6 Å². The molecular formula is C12H18ClNO. The second kappa shape index (κ2) is 5.04. The number of rotatable bonds is 3. The monoisotopic (exact) mass is 227 g/mol. The molecule has 1 aromatic rings. The van der Waals surface area contributed by atoms with Gasteiger partial charge in [-0.25, -0.2) is 0 Å². The first-order valence-electron chi connectivity index (χ1n) is 5.65. The lowest BCUT2D eigenvalue weighted by Gasteiger charge is -2.31. The van der Waals surface area contributed by atoms with Crippen molar-refractivity contribution in [1.82, 2.24) is 4.90 Å². The number of hydrogen-bond donors (Lipinski definition) is 0. The molecule has 0 aliphatic carbocycles. The van der Waals surface area contributed by atoms with Gasteiger partial charge in [-0.05, 0) is 37.4 Å². The molecule has 84 valence electrons. The van der Waals surface area contributed by atoms with E-state index in [0.717, 1.165) is 18.2 Å². The van der Waals surface area contributed by atoms with Gasteiger partial charge in [0.05, 0.1) is 6.26 Å². The van der Waals surface area contributed by atoms with Gasteiger partial charge < -0.3 is 9.32 Å². The fourth-order valence-corrected chi connectivity index (χ4v) is 2.56. The molecule has 0 spiro atoms. The topological polar surface area (TPSA) is 16.4 Å². The van der Waals surface area contributed by atoms with E-state index in [1.54, 1.807) is 6.26 Å². The van der Waals surface area contributed by atoms with Crippen molar-refractivity contribution in [3.63, 3.8) is 0 Å². The zero-order chi connectivity index (χ0) is 10.7. The lowest BCUT2D eigenvalue weighted by molar-refractivity contribution is 0.181. The molecule has 0 aromatic carbocycles. The van der Waals surface area contributed by atoms with E-state index in [-0.39, 0.29) is 5.38 Å². The van der Waals surface area contributed by atoms with E-state index < -0.39 is 0 Å². The van der Waals surface area contributed by atoms with Crippen molar-refractivity contribution in [3.05, 3.63) is 24.2 Å². The zero-order valence-corrected chi connectivity index (χ0v) is 9.91. The Morgan fingerprint density at radius 3 is 3.20 bits per heavy atom. The summed E-state index contributed by atoms with van der Waals surface area (Å²) in [6.07, 6.45) is 4.33. The van der Waals surface area contributed by atoms with Gasteiger partial charge in [-0.2, -0.15) is 0 Å². The zero-order valence-electron chi connectivity index (χ0n) is 9.16. The summed E-state index contributed by atoms with van der Waals surface area (Å²) in [7, 11) is 0. The Kier molecular flexibility index (Phi) is 3.71. The summed E-state index contributed by atoms with van der Waals surface area (Å²) in [5, 5.41) is -0.00898. The molecule has 0 radical (unpaired) electrons. The van der Waals surface area contributed by atoms with Crippen molar-refractivity contribution in [2.45, 2.75) is 25.1 Å². The van der Waals surface area contributed by atoms with Gasteiger partial charge in [0, 0.05) is 13.1 Å². The van der Waals surface area contributed by atoms with Crippen molar-refractivity contribution in [3.8, 4) is 0 Å². The summed E-state index contributed by atoms with van der Waals surface area (Å²) in [6, 6.07) is 3.84. The van der Waals surface area contributed by atoms with Crippen LogP contribution in [0.1, 0.15) is 30.9 Å². The molecule has 2 unspecified atom stereocenters. The minimum Gasteiger partial charge on any atom is -0.468 e. The van der Waals surface area contributed by atoms with E-state index in [1.807, 2.05) is 12.1 Å². The molecule has 2 atom stereocenters. The van der Waals surface area contributed by atoms with Crippen LogP contribution in [0.3, 0.4) is 0 Å². The van der Waals surface area contributed by atoms with Gasteiger partial charge in [0.25, 0.3) is 0 Å². The Morgan fingerprint density at radius 1 is 1.67 bits per heavy atom. The maximum Gasteiger partial charge on any atom is 0.122 e. The van der Waals surface area contributed by atoms with Gasteiger partial charge in [-0.15, -0.1) is 11.6 Å². The molecule has 1 fully saturated rings. The quantitative estimate of drug-likeness (QED) is 0.737. The molecule has 2 heterocycles. The third kappa shape index (κ3) is 2.99. The molecule has 3 heteroatoms. The Balaban J connectivity index is 1.86. The average Bonchev–Trinajstić information content (AvgIpc) is 2.70. The van der Waals surface area contributed by atoms with Crippen molar-refractivity contribution >= 4 is 11.6 Å². The number of hydrogen-bond acceptors (Lipinski definition) is 2. The molecule has 15 heavy (non-hydrogen) atoms. The summed E-state index contributed by atoms with van der Waals surface area (Å²) >= 11 is 6.29. The largest absolute Gasteiger partial charge is 0.468 e. The Morgan fingerprint density at radius 2 is 2.53 bits per heavy atom. The van der Waals surface area contributed by atoms with Crippen LogP contribution in [0.25, 0.3) is 0 Å². The maximum atomic E-state index is 6.29. The van der Waals surface area contributed by atoms with E-state index >= 15 is 0 Å². The van der Waals surface area contributed by atoms with Crippen LogP contribution in [0.4, 0.5) is 0 Å². The first-order chi connectivity index (χ1) is 7.25. The third-order valence-corrected chi connectivity index (χ3v) is 3.36. The molecule has 0 N–H and O–H groups in total. The van der Waals surface area contributed by atoms with E-state index in [2.05, 4.69) is 11.8 Å². The van der Waals surface area contributed by atoms with Gasteiger partial charge >= 0.3 is 0 Å². The van der Waals surface area contributed by atoms with Gasteiger partial charge in [0.15, 0.2) is 0 Å². The number of piperidine rings is 1. The van der Waals surface area contributed by atoms with Crippen LogP contribution in [0.5, 0.6) is 0 Å². The molecule has 1 aromatic heterocycles. The predicted octanol–water partition coefficient (Wildman–Crippen LogP) is 3.29. The lowest BCUT2D eigenvalue weighted by Crippen LogP contribution is -2.36. The Hall–Kier alpha value is -0.470. The van der Waals surface area contributed by atoms with E-state index in [4.69, 9.17) is 16.0 Å². The Bertz CT molecular complexity index is 286. The number of alkyl halides is 1. The van der Waals surface area contributed by atoms with Gasteiger partial charge in [0.1, 0.15) is 11.1 Å². The van der Waals surface area contributed by atoms with Crippen molar-refractivity contribution < 1.29 is 4.42 Å². The van der Waals surface area contributed by atoms with E-state index in [9.17, 15) is 0 Å². The highest BCUT2D eigenvalue weighted by Gasteiger charge is 2.20. The lowest BCUT2D eigenvalue weighted by atomic mass is 10.0. The van der Waals surface area contributed by atoms with E-state index in [0.29, 0.717) is 0 Å². The standard InChI is InChI=1S/C12H18ClNO/c1-10-4-2-6-14(8-10)9-11(13)12-5-3-7-15-12/h3,5,7,10-11H,2,4,6,8-9H2,1H3. The van der Waals surface area contributed by atoms with Crippen LogP contribution in [-0.2, 0) is 0 Å². The first-order valence-corrected chi connectivity index (χ1v) is 6.09. The van der Waals surface area contributed by atoms with Crippen LogP contribution in [0.2, 0.25) is 0 Å². The van der Waals surface area contributed by atoms with Gasteiger partial charge in [-0.3, -0.25) is 0 Å². The van der Waals surface area contributed by atoms with Crippen LogP contribution in [-0.4, -0.2) is 24.5 Å². The smallest absolute Gasteiger partial charge is 0.122 e. The van der Waals surface area contributed by atoms with Crippen molar-refractivity contribution in [2.24, 2.45) is 5.92 Å².